The number of rotatable bonds is 9. The predicted molar refractivity (Wildman–Crippen MR) is 75.0 cm³/mol. The summed E-state index contributed by atoms with van der Waals surface area (Å²) in [5.41, 5.74) is 5.51. The Labute approximate surface area is 116 Å². The number of nitrogens with two attached hydrogens (primary N) is 1. The van der Waals surface area contributed by atoms with Gasteiger partial charge in [0, 0.05) is 33.2 Å². The van der Waals surface area contributed by atoms with E-state index in [1.807, 2.05) is 4.90 Å². The normalized spacial score (nSPS) is 19.4. The number of carbonyl (C=O) groups excluding carboxylic acids is 1. The zero-order chi connectivity index (χ0) is 13.9. The lowest BCUT2D eigenvalue weighted by Gasteiger charge is -2.25. The summed E-state index contributed by atoms with van der Waals surface area (Å²) in [6, 6.07) is 0. The van der Waals surface area contributed by atoms with E-state index in [1.165, 1.54) is 6.42 Å². The van der Waals surface area contributed by atoms with E-state index in [-0.39, 0.29) is 12.0 Å². The highest BCUT2D eigenvalue weighted by molar-refractivity contribution is 5.76. The van der Waals surface area contributed by atoms with Crippen molar-refractivity contribution in [2.75, 3.05) is 40.0 Å². The number of hydrogen-bond acceptors (Lipinski definition) is 4. The van der Waals surface area contributed by atoms with Crippen LogP contribution in [-0.4, -0.2) is 56.9 Å². The van der Waals surface area contributed by atoms with Gasteiger partial charge in [0.2, 0.25) is 5.91 Å². The van der Waals surface area contributed by atoms with Gasteiger partial charge in [0.15, 0.2) is 0 Å². The second-order valence-corrected chi connectivity index (χ2v) is 5.04. The third kappa shape index (κ3) is 6.89. The topological polar surface area (TPSA) is 64.8 Å². The molecule has 0 radical (unpaired) electrons. The lowest BCUT2D eigenvalue weighted by molar-refractivity contribution is -0.133. The second kappa shape index (κ2) is 10.2. The van der Waals surface area contributed by atoms with E-state index in [9.17, 15) is 4.79 Å². The highest BCUT2D eigenvalue weighted by Gasteiger charge is 2.18. The van der Waals surface area contributed by atoms with Gasteiger partial charge in [-0.15, -0.1) is 0 Å². The maximum Gasteiger partial charge on any atom is 0.222 e. The standard InChI is InChI=1S/C14H28N2O3/c1-18-12-10-16(9-4-8-15)14(17)7-6-13-5-2-3-11-19-13/h13H,2-12,15H2,1H3. The molecule has 0 saturated carbocycles. The SMILES string of the molecule is COCCN(CCCN)C(=O)CCC1CCCCO1. The van der Waals surface area contributed by atoms with Gasteiger partial charge < -0.3 is 20.1 Å². The molecule has 112 valence electrons. The average Bonchev–Trinajstić information content (AvgIpc) is 2.46. The van der Waals surface area contributed by atoms with Gasteiger partial charge in [-0.05, 0) is 38.6 Å². The summed E-state index contributed by atoms with van der Waals surface area (Å²) in [7, 11) is 1.65. The molecule has 1 rings (SSSR count). The van der Waals surface area contributed by atoms with Gasteiger partial charge in [0.1, 0.15) is 0 Å². The molecular formula is C14H28N2O3. The number of carbonyl (C=O) groups is 1. The van der Waals surface area contributed by atoms with Crippen LogP contribution in [0.4, 0.5) is 0 Å². The van der Waals surface area contributed by atoms with E-state index in [0.717, 1.165) is 38.8 Å². The van der Waals surface area contributed by atoms with Crippen LogP contribution < -0.4 is 5.73 Å². The second-order valence-electron chi connectivity index (χ2n) is 5.04. The van der Waals surface area contributed by atoms with Crippen molar-refractivity contribution in [3.05, 3.63) is 0 Å². The molecule has 0 aliphatic carbocycles. The fourth-order valence-electron chi connectivity index (χ4n) is 2.32. The van der Waals surface area contributed by atoms with Crippen LogP contribution in [-0.2, 0) is 14.3 Å². The number of nitrogens with zero attached hydrogens (tertiary/aromatic N) is 1. The average molecular weight is 272 g/mol. The highest BCUT2D eigenvalue weighted by atomic mass is 16.5. The Morgan fingerprint density at radius 1 is 1.42 bits per heavy atom. The molecule has 5 heteroatoms. The van der Waals surface area contributed by atoms with Crippen molar-refractivity contribution >= 4 is 5.91 Å². The molecule has 1 heterocycles. The first-order chi connectivity index (χ1) is 9.27. The van der Waals surface area contributed by atoms with Gasteiger partial charge in [-0.2, -0.15) is 0 Å². The van der Waals surface area contributed by atoms with Crippen LogP contribution in [0.3, 0.4) is 0 Å². The van der Waals surface area contributed by atoms with Crippen molar-refractivity contribution < 1.29 is 14.3 Å². The summed E-state index contributed by atoms with van der Waals surface area (Å²) in [6.45, 7) is 3.42. The van der Waals surface area contributed by atoms with Crippen LogP contribution in [0.25, 0.3) is 0 Å². The molecule has 0 spiro atoms. The maximum absolute atomic E-state index is 12.2. The molecule has 0 aromatic carbocycles. The molecule has 1 fully saturated rings. The summed E-state index contributed by atoms with van der Waals surface area (Å²) >= 11 is 0. The summed E-state index contributed by atoms with van der Waals surface area (Å²) in [6.07, 6.45) is 5.99. The van der Waals surface area contributed by atoms with Crippen LogP contribution in [0.5, 0.6) is 0 Å². The van der Waals surface area contributed by atoms with Crippen LogP contribution in [0, 0.1) is 0 Å². The van der Waals surface area contributed by atoms with Gasteiger partial charge >= 0.3 is 0 Å². The molecule has 2 N–H and O–H groups in total. The van der Waals surface area contributed by atoms with Crippen molar-refractivity contribution in [3.63, 3.8) is 0 Å². The smallest absolute Gasteiger partial charge is 0.222 e. The van der Waals surface area contributed by atoms with Crippen molar-refractivity contribution in [2.24, 2.45) is 5.73 Å². The Balaban J connectivity index is 2.28. The van der Waals surface area contributed by atoms with Gasteiger partial charge in [0.25, 0.3) is 0 Å². The van der Waals surface area contributed by atoms with E-state index < -0.39 is 0 Å². The minimum absolute atomic E-state index is 0.194. The molecule has 19 heavy (non-hydrogen) atoms. The van der Waals surface area contributed by atoms with Crippen molar-refractivity contribution in [1.82, 2.24) is 4.90 Å². The Bertz CT molecular complexity index is 235. The number of methoxy groups -OCH3 is 1. The lowest BCUT2D eigenvalue weighted by atomic mass is 10.0. The first-order valence-corrected chi connectivity index (χ1v) is 7.36. The maximum atomic E-state index is 12.2. The predicted octanol–water partition coefficient (Wildman–Crippen LogP) is 1.16. The highest BCUT2D eigenvalue weighted by Crippen LogP contribution is 2.17. The first-order valence-electron chi connectivity index (χ1n) is 7.36. The summed E-state index contributed by atoms with van der Waals surface area (Å²) < 4.78 is 10.7. The van der Waals surface area contributed by atoms with Crippen LogP contribution in [0.1, 0.15) is 38.5 Å². The lowest BCUT2D eigenvalue weighted by Crippen LogP contribution is -2.36. The minimum Gasteiger partial charge on any atom is -0.383 e. The third-order valence-electron chi connectivity index (χ3n) is 3.50. The molecule has 0 aromatic rings. The van der Waals surface area contributed by atoms with Crippen molar-refractivity contribution in [2.45, 2.75) is 44.6 Å². The Kier molecular flexibility index (Phi) is 8.79. The molecular weight excluding hydrogens is 244 g/mol. The minimum atomic E-state index is 0.194. The van der Waals surface area contributed by atoms with E-state index in [1.54, 1.807) is 7.11 Å². The first kappa shape index (κ1) is 16.4. The van der Waals surface area contributed by atoms with E-state index in [4.69, 9.17) is 15.2 Å². The summed E-state index contributed by atoms with van der Waals surface area (Å²) in [5.74, 6) is 0.194. The van der Waals surface area contributed by atoms with Crippen LogP contribution in [0.15, 0.2) is 0 Å². The van der Waals surface area contributed by atoms with Crippen LogP contribution >= 0.6 is 0 Å². The monoisotopic (exact) mass is 272 g/mol. The number of ether oxygens (including phenoxy) is 2. The molecule has 1 unspecified atom stereocenters. The summed E-state index contributed by atoms with van der Waals surface area (Å²) in [4.78, 5) is 14.0. The molecule has 1 saturated heterocycles. The van der Waals surface area contributed by atoms with Crippen LogP contribution in [0.2, 0.25) is 0 Å². The van der Waals surface area contributed by atoms with Gasteiger partial charge in [-0.1, -0.05) is 0 Å². The fourth-order valence-corrected chi connectivity index (χ4v) is 2.32. The number of hydrogen-bond donors (Lipinski definition) is 1. The zero-order valence-electron chi connectivity index (χ0n) is 12.1. The zero-order valence-corrected chi connectivity index (χ0v) is 12.1. The number of amides is 1. The summed E-state index contributed by atoms with van der Waals surface area (Å²) in [5, 5.41) is 0. The fraction of sp³-hybridized carbons (Fsp3) is 0.929. The van der Waals surface area contributed by atoms with Crippen molar-refractivity contribution in [1.29, 1.82) is 0 Å². The molecule has 1 aliphatic heterocycles. The Morgan fingerprint density at radius 2 is 2.26 bits per heavy atom. The molecule has 0 bridgehead atoms. The largest absolute Gasteiger partial charge is 0.383 e. The Morgan fingerprint density at radius 3 is 2.89 bits per heavy atom. The molecule has 1 atom stereocenters. The molecule has 1 aliphatic rings. The van der Waals surface area contributed by atoms with Gasteiger partial charge in [-0.25, -0.2) is 0 Å². The van der Waals surface area contributed by atoms with E-state index in [2.05, 4.69) is 0 Å². The molecule has 5 nitrogen and oxygen atoms in total. The van der Waals surface area contributed by atoms with Gasteiger partial charge in [0.05, 0.1) is 12.7 Å². The molecule has 0 aromatic heterocycles. The van der Waals surface area contributed by atoms with Gasteiger partial charge in [-0.3, -0.25) is 4.79 Å². The van der Waals surface area contributed by atoms with E-state index >= 15 is 0 Å². The van der Waals surface area contributed by atoms with Crippen molar-refractivity contribution in [3.8, 4) is 0 Å². The third-order valence-corrected chi connectivity index (χ3v) is 3.50. The Hall–Kier alpha value is -0.650. The van der Waals surface area contributed by atoms with E-state index in [0.29, 0.717) is 26.1 Å². The molecule has 1 amide bonds. The quantitative estimate of drug-likeness (QED) is 0.684.